The van der Waals surface area contributed by atoms with Crippen molar-refractivity contribution in [2.24, 2.45) is 11.3 Å². The molecule has 3 aliphatic rings. The van der Waals surface area contributed by atoms with Gasteiger partial charge in [-0.15, -0.1) is 0 Å². The van der Waals surface area contributed by atoms with Crippen LogP contribution in [0.5, 0.6) is 0 Å². The normalized spacial score (nSPS) is 31.9. The Labute approximate surface area is 168 Å². The van der Waals surface area contributed by atoms with Crippen molar-refractivity contribution in [1.29, 1.82) is 0 Å². The Kier molecular flexibility index (Phi) is 6.28. The minimum atomic E-state index is -0.348. The van der Waals surface area contributed by atoms with E-state index in [9.17, 15) is 4.79 Å². The van der Waals surface area contributed by atoms with Crippen LogP contribution in [0.3, 0.4) is 0 Å². The number of carbonyl (C=O) groups excluding carboxylic acids is 1. The van der Waals surface area contributed by atoms with Crippen LogP contribution in [0.1, 0.15) is 38.2 Å². The van der Waals surface area contributed by atoms with Gasteiger partial charge in [0.05, 0.1) is 25.2 Å². The van der Waals surface area contributed by atoms with Gasteiger partial charge in [-0.1, -0.05) is 6.07 Å². The first kappa shape index (κ1) is 19.8. The van der Waals surface area contributed by atoms with Gasteiger partial charge in [0.15, 0.2) is 0 Å². The molecule has 6 nitrogen and oxygen atoms in total. The van der Waals surface area contributed by atoms with Gasteiger partial charge < -0.3 is 9.47 Å². The lowest BCUT2D eigenvalue weighted by atomic mass is 9.61. The van der Waals surface area contributed by atoms with Gasteiger partial charge in [-0.3, -0.25) is 19.6 Å². The van der Waals surface area contributed by atoms with Crippen molar-refractivity contribution in [2.75, 3.05) is 46.0 Å². The zero-order chi connectivity index (χ0) is 19.4. The van der Waals surface area contributed by atoms with Gasteiger partial charge in [-0.25, -0.2) is 0 Å². The minimum absolute atomic E-state index is 0.0244. The second-order valence-corrected chi connectivity index (χ2v) is 8.51. The Morgan fingerprint density at radius 1 is 1.32 bits per heavy atom. The van der Waals surface area contributed by atoms with Gasteiger partial charge >= 0.3 is 5.97 Å². The van der Waals surface area contributed by atoms with Crippen LogP contribution in [0.25, 0.3) is 0 Å². The molecule has 1 aromatic rings. The molecule has 0 spiro atoms. The first-order valence-electron chi connectivity index (χ1n) is 10.8. The fourth-order valence-corrected chi connectivity index (χ4v) is 5.49. The summed E-state index contributed by atoms with van der Waals surface area (Å²) in [5.74, 6) is 0.439. The largest absolute Gasteiger partial charge is 0.466 e. The Hall–Kier alpha value is -1.50. The highest BCUT2D eigenvalue weighted by Gasteiger charge is 2.53. The van der Waals surface area contributed by atoms with E-state index in [1.807, 2.05) is 25.4 Å². The highest BCUT2D eigenvalue weighted by Crippen LogP contribution is 2.48. The lowest BCUT2D eigenvalue weighted by Gasteiger charge is -2.52. The van der Waals surface area contributed by atoms with Gasteiger partial charge in [0.2, 0.25) is 0 Å². The molecule has 3 fully saturated rings. The molecule has 3 atom stereocenters. The van der Waals surface area contributed by atoms with Crippen molar-refractivity contribution < 1.29 is 14.3 Å². The number of hydrogen-bond acceptors (Lipinski definition) is 6. The van der Waals surface area contributed by atoms with E-state index in [1.54, 1.807) is 0 Å². The molecule has 0 radical (unpaired) electrons. The summed E-state index contributed by atoms with van der Waals surface area (Å²) in [6.45, 7) is 8.80. The fraction of sp³-hybridized carbons (Fsp3) is 0.727. The third kappa shape index (κ3) is 4.09. The summed E-state index contributed by atoms with van der Waals surface area (Å²) in [5, 5.41) is 0. The minimum Gasteiger partial charge on any atom is -0.466 e. The summed E-state index contributed by atoms with van der Waals surface area (Å²) in [5.41, 5.74) is 0.862. The van der Waals surface area contributed by atoms with Crippen molar-refractivity contribution in [2.45, 2.75) is 45.2 Å². The summed E-state index contributed by atoms with van der Waals surface area (Å²) in [7, 11) is 0. The van der Waals surface area contributed by atoms with Crippen LogP contribution < -0.4 is 0 Å². The number of rotatable bonds is 5. The molecule has 1 aromatic heterocycles. The van der Waals surface area contributed by atoms with Crippen LogP contribution in [-0.4, -0.2) is 72.8 Å². The van der Waals surface area contributed by atoms with Crippen LogP contribution in [0.4, 0.5) is 0 Å². The van der Waals surface area contributed by atoms with Crippen molar-refractivity contribution in [3.05, 3.63) is 30.1 Å². The van der Waals surface area contributed by atoms with Gasteiger partial charge in [0.25, 0.3) is 0 Å². The molecule has 0 bridgehead atoms. The maximum Gasteiger partial charge on any atom is 0.313 e. The molecule has 3 heterocycles. The third-order valence-electron chi connectivity index (χ3n) is 6.93. The third-order valence-corrected chi connectivity index (χ3v) is 6.93. The number of hydrogen-bond donors (Lipinski definition) is 0. The summed E-state index contributed by atoms with van der Waals surface area (Å²) < 4.78 is 11.1. The summed E-state index contributed by atoms with van der Waals surface area (Å²) in [6.07, 6.45) is 7.93. The number of ether oxygens (including phenoxy) is 2. The second-order valence-electron chi connectivity index (χ2n) is 8.51. The first-order valence-corrected chi connectivity index (χ1v) is 10.8. The number of pyridine rings is 1. The van der Waals surface area contributed by atoms with Crippen molar-refractivity contribution in [1.82, 2.24) is 14.8 Å². The van der Waals surface area contributed by atoms with E-state index in [-0.39, 0.29) is 11.4 Å². The van der Waals surface area contributed by atoms with Gasteiger partial charge in [-0.05, 0) is 56.7 Å². The lowest BCUT2D eigenvalue weighted by molar-refractivity contribution is -0.170. The topological polar surface area (TPSA) is 54.9 Å². The fourth-order valence-electron chi connectivity index (χ4n) is 5.49. The van der Waals surface area contributed by atoms with Gasteiger partial charge in [-0.2, -0.15) is 0 Å². The second kappa shape index (κ2) is 8.89. The van der Waals surface area contributed by atoms with Gasteiger partial charge in [0.1, 0.15) is 0 Å². The molecule has 1 saturated carbocycles. The Balaban J connectivity index is 1.48. The van der Waals surface area contributed by atoms with E-state index in [0.717, 1.165) is 71.6 Å². The summed E-state index contributed by atoms with van der Waals surface area (Å²) in [4.78, 5) is 22.4. The number of likely N-dealkylation sites (tertiary alicyclic amines) is 1. The molecular weight excluding hydrogens is 354 g/mol. The smallest absolute Gasteiger partial charge is 0.313 e. The van der Waals surface area contributed by atoms with Crippen LogP contribution in [0, 0.1) is 11.3 Å². The Bertz CT molecular complexity index is 650. The van der Waals surface area contributed by atoms with E-state index >= 15 is 0 Å². The standard InChI is InChI=1S/C22H33N3O3/c1-2-28-21(26)22-7-5-20(25-10-12-27-13-11-25)14-19(22)6-9-24(17-22)16-18-4-3-8-23-15-18/h3-4,8,15,19-20H,2,5-7,9-14,16-17H2,1H3/t19-,20+,22-/m1/s1. The Morgan fingerprint density at radius 3 is 2.93 bits per heavy atom. The SMILES string of the molecule is CCOC(=O)[C@@]12CC[C@H](N3CCOCC3)C[C@H]1CCN(Cc1cccnc1)C2. The number of morpholine rings is 1. The highest BCUT2D eigenvalue weighted by atomic mass is 16.5. The van der Waals surface area contributed by atoms with E-state index in [0.29, 0.717) is 18.6 Å². The maximum absolute atomic E-state index is 13.1. The molecule has 0 N–H and O–H groups in total. The number of esters is 1. The van der Waals surface area contributed by atoms with Crippen LogP contribution in [0.15, 0.2) is 24.5 Å². The van der Waals surface area contributed by atoms with E-state index in [4.69, 9.17) is 9.47 Å². The average molecular weight is 388 g/mol. The Morgan fingerprint density at radius 2 is 2.18 bits per heavy atom. The van der Waals surface area contributed by atoms with Crippen molar-refractivity contribution >= 4 is 5.97 Å². The summed E-state index contributed by atoms with van der Waals surface area (Å²) >= 11 is 0. The number of nitrogens with zero attached hydrogens (tertiary/aromatic N) is 3. The zero-order valence-electron chi connectivity index (χ0n) is 17.0. The lowest BCUT2D eigenvalue weighted by Crippen LogP contribution is -2.58. The quantitative estimate of drug-likeness (QED) is 0.723. The molecule has 0 unspecified atom stereocenters. The number of aromatic nitrogens is 1. The monoisotopic (exact) mass is 387 g/mol. The molecule has 4 rings (SSSR count). The number of carbonyl (C=O) groups is 1. The first-order chi connectivity index (χ1) is 13.7. The maximum atomic E-state index is 13.1. The average Bonchev–Trinajstić information content (AvgIpc) is 2.75. The van der Waals surface area contributed by atoms with Crippen LogP contribution in [-0.2, 0) is 20.8 Å². The van der Waals surface area contributed by atoms with E-state index < -0.39 is 0 Å². The molecule has 6 heteroatoms. The molecular formula is C22H33N3O3. The molecule has 154 valence electrons. The number of piperidine rings is 1. The van der Waals surface area contributed by atoms with E-state index in [1.165, 1.54) is 5.56 Å². The molecule has 1 aliphatic carbocycles. The molecule has 28 heavy (non-hydrogen) atoms. The molecule has 0 amide bonds. The predicted octanol–water partition coefficient (Wildman–Crippen LogP) is 2.34. The van der Waals surface area contributed by atoms with Crippen molar-refractivity contribution in [3.8, 4) is 0 Å². The highest BCUT2D eigenvalue weighted by molar-refractivity contribution is 5.78. The molecule has 2 saturated heterocycles. The predicted molar refractivity (Wildman–Crippen MR) is 107 cm³/mol. The van der Waals surface area contributed by atoms with E-state index in [2.05, 4.69) is 20.9 Å². The zero-order valence-corrected chi connectivity index (χ0v) is 17.0. The van der Waals surface area contributed by atoms with Crippen molar-refractivity contribution in [3.63, 3.8) is 0 Å². The molecule has 2 aliphatic heterocycles. The molecule has 0 aromatic carbocycles. The van der Waals surface area contributed by atoms with Crippen LogP contribution >= 0.6 is 0 Å². The van der Waals surface area contributed by atoms with Crippen LogP contribution in [0.2, 0.25) is 0 Å². The summed E-state index contributed by atoms with van der Waals surface area (Å²) in [6, 6.07) is 4.68. The number of fused-ring (bicyclic) bond motifs is 1. The van der Waals surface area contributed by atoms with Gasteiger partial charge in [0, 0.05) is 44.6 Å².